The molecule has 172 valence electrons. The Morgan fingerprint density at radius 3 is 2.18 bits per heavy atom. The molecule has 4 rings (SSSR count). The Hall–Kier alpha value is -4.19. The minimum absolute atomic E-state index is 0.0289. The van der Waals surface area contributed by atoms with E-state index in [9.17, 15) is 9.59 Å². The number of likely N-dealkylation sites (N-methyl/N-ethyl adjacent to an activating group) is 1. The van der Waals surface area contributed by atoms with E-state index in [-0.39, 0.29) is 24.7 Å². The maximum Gasteiger partial charge on any atom is 0.231 e. The van der Waals surface area contributed by atoms with Crippen LogP contribution >= 0.6 is 0 Å². The first-order valence-corrected chi connectivity index (χ1v) is 11.3. The summed E-state index contributed by atoms with van der Waals surface area (Å²) >= 11 is 0. The monoisotopic (exact) mass is 453 g/mol. The summed E-state index contributed by atoms with van der Waals surface area (Å²) in [6, 6.07) is 26.6. The quantitative estimate of drug-likeness (QED) is 0.386. The molecule has 0 spiro atoms. The summed E-state index contributed by atoms with van der Waals surface area (Å²) in [6.07, 6.45) is 0.405. The summed E-state index contributed by atoms with van der Waals surface area (Å²) in [7, 11) is 0. The molecule has 0 aliphatic heterocycles. The summed E-state index contributed by atoms with van der Waals surface area (Å²) < 4.78 is 5.74. The van der Waals surface area contributed by atoms with Gasteiger partial charge in [0, 0.05) is 23.5 Å². The molecule has 0 aliphatic rings. The topological polar surface area (TPSA) is 75.4 Å². The lowest BCUT2D eigenvalue weighted by molar-refractivity contribution is -0.118. The Balaban J connectivity index is 1.35. The zero-order valence-electron chi connectivity index (χ0n) is 19.3. The van der Waals surface area contributed by atoms with E-state index >= 15 is 0 Å². The number of aromatic nitrogens is 1. The van der Waals surface area contributed by atoms with Crippen molar-refractivity contribution < 1.29 is 14.0 Å². The van der Waals surface area contributed by atoms with Crippen LogP contribution in [0, 0.1) is 6.92 Å². The molecular formula is C28H27N3O3. The first kappa shape index (κ1) is 23.0. The molecule has 1 heterocycles. The van der Waals surface area contributed by atoms with E-state index in [1.807, 2.05) is 98.8 Å². The SMILES string of the molecule is CCN(C(=O)Cc1ccc(NC(=O)Cc2nc(-c3ccccc3)oc2C)cc1)c1ccccc1. The fraction of sp³-hybridized carbons (Fsp3) is 0.179. The lowest BCUT2D eigenvalue weighted by atomic mass is 10.1. The number of oxazole rings is 1. The van der Waals surface area contributed by atoms with Gasteiger partial charge < -0.3 is 14.6 Å². The predicted molar refractivity (Wildman–Crippen MR) is 134 cm³/mol. The van der Waals surface area contributed by atoms with E-state index in [1.165, 1.54) is 0 Å². The molecule has 6 heteroatoms. The van der Waals surface area contributed by atoms with Crippen LogP contribution in [-0.2, 0) is 22.4 Å². The largest absolute Gasteiger partial charge is 0.441 e. The van der Waals surface area contributed by atoms with E-state index in [4.69, 9.17) is 4.42 Å². The van der Waals surface area contributed by atoms with Crippen LogP contribution in [0.2, 0.25) is 0 Å². The summed E-state index contributed by atoms with van der Waals surface area (Å²) in [5.41, 5.74) is 3.92. The van der Waals surface area contributed by atoms with Crippen LogP contribution in [0.4, 0.5) is 11.4 Å². The second-order valence-corrected chi connectivity index (χ2v) is 7.96. The van der Waals surface area contributed by atoms with Crippen LogP contribution in [-0.4, -0.2) is 23.3 Å². The second kappa shape index (κ2) is 10.6. The lowest BCUT2D eigenvalue weighted by Gasteiger charge is -2.21. The Kier molecular flexibility index (Phi) is 7.18. The molecule has 34 heavy (non-hydrogen) atoms. The van der Waals surface area contributed by atoms with Crippen molar-refractivity contribution in [1.82, 2.24) is 4.98 Å². The van der Waals surface area contributed by atoms with Gasteiger partial charge in [-0.25, -0.2) is 4.98 Å². The third-order valence-corrected chi connectivity index (χ3v) is 5.52. The first-order chi connectivity index (χ1) is 16.5. The number of carbonyl (C=O) groups is 2. The summed E-state index contributed by atoms with van der Waals surface area (Å²) in [4.78, 5) is 31.6. The Bertz CT molecular complexity index is 1250. The maximum absolute atomic E-state index is 12.8. The number of nitrogens with zero attached hydrogens (tertiary/aromatic N) is 2. The van der Waals surface area contributed by atoms with Gasteiger partial charge in [0.05, 0.1) is 18.5 Å². The van der Waals surface area contributed by atoms with Crippen LogP contribution in [0.5, 0.6) is 0 Å². The zero-order chi connectivity index (χ0) is 23.9. The molecule has 0 saturated carbocycles. The predicted octanol–water partition coefficient (Wildman–Crippen LogP) is 5.43. The molecule has 0 fully saturated rings. The van der Waals surface area contributed by atoms with Crippen molar-refractivity contribution in [1.29, 1.82) is 0 Å². The third-order valence-electron chi connectivity index (χ3n) is 5.52. The number of hydrogen-bond donors (Lipinski definition) is 1. The number of carbonyl (C=O) groups excluding carboxylic acids is 2. The van der Waals surface area contributed by atoms with Gasteiger partial charge >= 0.3 is 0 Å². The van der Waals surface area contributed by atoms with Gasteiger partial charge in [-0.15, -0.1) is 0 Å². The molecule has 4 aromatic rings. The molecule has 3 aromatic carbocycles. The highest BCUT2D eigenvalue weighted by Gasteiger charge is 2.16. The Morgan fingerprint density at radius 2 is 1.53 bits per heavy atom. The molecule has 1 N–H and O–H groups in total. The van der Waals surface area contributed by atoms with Gasteiger partial charge in [0.1, 0.15) is 5.76 Å². The standard InChI is InChI=1S/C28H27N3O3/c1-3-31(24-12-8-5-9-13-24)27(33)18-21-14-16-23(17-15-21)29-26(32)19-25-20(2)34-28(30-25)22-10-6-4-7-11-22/h4-17H,3,18-19H2,1-2H3,(H,29,32). The number of benzene rings is 3. The highest BCUT2D eigenvalue weighted by Crippen LogP contribution is 2.22. The van der Waals surface area contributed by atoms with Crippen molar-refractivity contribution in [3.05, 3.63) is 102 Å². The molecule has 0 radical (unpaired) electrons. The van der Waals surface area contributed by atoms with Gasteiger partial charge in [0.25, 0.3) is 0 Å². The molecule has 0 aliphatic carbocycles. The molecule has 0 bridgehead atoms. The van der Waals surface area contributed by atoms with Gasteiger partial charge in [-0.3, -0.25) is 9.59 Å². The van der Waals surface area contributed by atoms with Crippen molar-refractivity contribution in [2.75, 3.05) is 16.8 Å². The fourth-order valence-corrected chi connectivity index (χ4v) is 3.74. The summed E-state index contributed by atoms with van der Waals surface area (Å²) in [5, 5.41) is 2.89. The van der Waals surface area contributed by atoms with Gasteiger partial charge in [0.2, 0.25) is 17.7 Å². The minimum Gasteiger partial charge on any atom is -0.441 e. The smallest absolute Gasteiger partial charge is 0.231 e. The number of para-hydroxylation sites is 1. The van der Waals surface area contributed by atoms with Crippen molar-refractivity contribution in [3.8, 4) is 11.5 Å². The number of aryl methyl sites for hydroxylation is 1. The van der Waals surface area contributed by atoms with Crippen LogP contribution < -0.4 is 10.2 Å². The average molecular weight is 454 g/mol. The van der Waals surface area contributed by atoms with Crippen molar-refractivity contribution in [2.24, 2.45) is 0 Å². The Morgan fingerprint density at radius 1 is 0.882 bits per heavy atom. The van der Waals surface area contributed by atoms with Crippen LogP contribution in [0.1, 0.15) is 23.9 Å². The number of rotatable bonds is 8. The van der Waals surface area contributed by atoms with Gasteiger partial charge in [-0.05, 0) is 55.8 Å². The molecular weight excluding hydrogens is 426 g/mol. The van der Waals surface area contributed by atoms with E-state index < -0.39 is 0 Å². The third kappa shape index (κ3) is 5.59. The van der Waals surface area contributed by atoms with Crippen molar-refractivity contribution >= 4 is 23.2 Å². The lowest BCUT2D eigenvalue weighted by Crippen LogP contribution is -2.31. The van der Waals surface area contributed by atoms with E-state index in [0.29, 0.717) is 29.6 Å². The number of anilines is 2. The summed E-state index contributed by atoms with van der Waals surface area (Å²) in [5.74, 6) is 0.982. The van der Waals surface area contributed by atoms with Gasteiger partial charge in [-0.1, -0.05) is 48.5 Å². The van der Waals surface area contributed by atoms with Gasteiger partial charge in [0.15, 0.2) is 0 Å². The highest BCUT2D eigenvalue weighted by atomic mass is 16.4. The van der Waals surface area contributed by atoms with E-state index in [2.05, 4.69) is 10.3 Å². The average Bonchev–Trinajstić information content (AvgIpc) is 3.22. The Labute approximate surface area is 199 Å². The summed E-state index contributed by atoms with van der Waals surface area (Å²) in [6.45, 7) is 4.37. The minimum atomic E-state index is -0.180. The van der Waals surface area contributed by atoms with Gasteiger partial charge in [-0.2, -0.15) is 0 Å². The number of nitrogens with one attached hydrogen (secondary N) is 1. The fourth-order valence-electron chi connectivity index (χ4n) is 3.74. The molecule has 6 nitrogen and oxygen atoms in total. The van der Waals surface area contributed by atoms with Crippen molar-refractivity contribution in [3.63, 3.8) is 0 Å². The molecule has 0 atom stereocenters. The molecule has 2 amide bonds. The number of amides is 2. The van der Waals surface area contributed by atoms with Crippen LogP contribution in [0.3, 0.4) is 0 Å². The van der Waals surface area contributed by atoms with E-state index in [1.54, 1.807) is 4.90 Å². The van der Waals surface area contributed by atoms with Crippen molar-refractivity contribution in [2.45, 2.75) is 26.7 Å². The molecule has 1 aromatic heterocycles. The van der Waals surface area contributed by atoms with Crippen LogP contribution in [0.25, 0.3) is 11.5 Å². The molecule has 0 saturated heterocycles. The van der Waals surface area contributed by atoms with E-state index in [0.717, 1.165) is 16.8 Å². The zero-order valence-corrected chi connectivity index (χ0v) is 19.3. The highest BCUT2D eigenvalue weighted by molar-refractivity contribution is 5.95. The first-order valence-electron chi connectivity index (χ1n) is 11.3. The normalized spacial score (nSPS) is 10.6. The maximum atomic E-state index is 12.8. The number of hydrogen-bond acceptors (Lipinski definition) is 4. The molecule has 0 unspecified atom stereocenters. The van der Waals surface area contributed by atoms with Crippen LogP contribution in [0.15, 0.2) is 89.3 Å². The second-order valence-electron chi connectivity index (χ2n) is 7.96.